The third-order valence-electron chi connectivity index (χ3n) is 2.41. The predicted molar refractivity (Wildman–Crippen MR) is 50.2 cm³/mol. The normalized spacial score (nSPS) is 32.8. The van der Waals surface area contributed by atoms with Crippen molar-refractivity contribution in [2.75, 3.05) is 13.1 Å². The van der Waals surface area contributed by atoms with Gasteiger partial charge in [-0.2, -0.15) is 0 Å². The van der Waals surface area contributed by atoms with Crippen molar-refractivity contribution in [2.45, 2.75) is 39.0 Å². The van der Waals surface area contributed by atoms with Crippen molar-refractivity contribution < 1.29 is 9.53 Å². The highest BCUT2D eigenvalue weighted by atomic mass is 16.5. The summed E-state index contributed by atoms with van der Waals surface area (Å²) in [5.41, 5.74) is 5.24. The second-order valence-electron chi connectivity index (χ2n) is 3.79. The van der Waals surface area contributed by atoms with Crippen LogP contribution in [-0.4, -0.2) is 42.1 Å². The van der Waals surface area contributed by atoms with Crippen LogP contribution < -0.4 is 5.73 Å². The first-order chi connectivity index (χ1) is 6.00. The van der Waals surface area contributed by atoms with E-state index in [0.29, 0.717) is 0 Å². The number of nitrogens with two attached hydrogens (primary N) is 1. The molecule has 1 aliphatic rings. The van der Waals surface area contributed by atoms with Gasteiger partial charge in [0.2, 0.25) is 5.91 Å². The van der Waals surface area contributed by atoms with Crippen LogP contribution >= 0.6 is 0 Å². The number of morpholine rings is 1. The van der Waals surface area contributed by atoms with Crippen LogP contribution in [0.2, 0.25) is 0 Å². The van der Waals surface area contributed by atoms with E-state index in [-0.39, 0.29) is 24.2 Å². The van der Waals surface area contributed by atoms with Gasteiger partial charge in [-0.3, -0.25) is 9.69 Å². The fraction of sp³-hybridized carbons (Fsp3) is 0.889. The Kier molecular flexibility index (Phi) is 3.27. The molecule has 0 aromatic rings. The van der Waals surface area contributed by atoms with Crippen molar-refractivity contribution in [1.82, 2.24) is 4.90 Å². The van der Waals surface area contributed by atoms with Crippen LogP contribution in [0.1, 0.15) is 20.8 Å². The Bertz CT molecular complexity index is 186. The summed E-state index contributed by atoms with van der Waals surface area (Å²) < 4.78 is 5.55. The molecule has 0 spiro atoms. The maximum atomic E-state index is 11.0. The van der Waals surface area contributed by atoms with Crippen LogP contribution in [0.4, 0.5) is 0 Å². The van der Waals surface area contributed by atoms with Crippen LogP contribution in [0.3, 0.4) is 0 Å². The van der Waals surface area contributed by atoms with E-state index in [9.17, 15) is 4.79 Å². The number of primary amides is 1. The van der Waals surface area contributed by atoms with Gasteiger partial charge in [-0.1, -0.05) is 0 Å². The lowest BCUT2D eigenvalue weighted by atomic mass is 10.1. The summed E-state index contributed by atoms with van der Waals surface area (Å²) in [4.78, 5) is 13.0. The molecule has 1 amide bonds. The van der Waals surface area contributed by atoms with E-state index in [1.54, 1.807) is 0 Å². The summed E-state index contributed by atoms with van der Waals surface area (Å²) in [6.07, 6.45) is 0.371. The van der Waals surface area contributed by atoms with Gasteiger partial charge in [0.05, 0.1) is 18.2 Å². The maximum Gasteiger partial charge on any atom is 0.234 e. The Morgan fingerprint density at radius 1 is 1.46 bits per heavy atom. The van der Waals surface area contributed by atoms with Crippen molar-refractivity contribution >= 4 is 5.91 Å². The van der Waals surface area contributed by atoms with Gasteiger partial charge in [0.1, 0.15) is 0 Å². The van der Waals surface area contributed by atoms with E-state index in [2.05, 4.69) is 4.90 Å². The summed E-state index contributed by atoms with van der Waals surface area (Å²) in [7, 11) is 0. The number of amides is 1. The second-order valence-corrected chi connectivity index (χ2v) is 3.79. The Morgan fingerprint density at radius 2 is 1.92 bits per heavy atom. The van der Waals surface area contributed by atoms with Crippen LogP contribution in [0.25, 0.3) is 0 Å². The minimum atomic E-state index is -0.263. The highest BCUT2D eigenvalue weighted by molar-refractivity contribution is 5.79. The lowest BCUT2D eigenvalue weighted by Crippen LogP contribution is -2.53. The first-order valence-corrected chi connectivity index (χ1v) is 4.69. The minimum absolute atomic E-state index is 0.186. The summed E-state index contributed by atoms with van der Waals surface area (Å²) in [5.74, 6) is -0.263. The fourth-order valence-corrected chi connectivity index (χ4v) is 1.71. The molecule has 3 atom stereocenters. The molecule has 1 unspecified atom stereocenters. The zero-order valence-corrected chi connectivity index (χ0v) is 8.49. The number of carbonyl (C=O) groups excluding carboxylic acids is 1. The molecule has 0 bridgehead atoms. The van der Waals surface area contributed by atoms with Crippen LogP contribution in [-0.2, 0) is 9.53 Å². The Labute approximate surface area is 79.0 Å². The maximum absolute atomic E-state index is 11.0. The van der Waals surface area contributed by atoms with E-state index < -0.39 is 0 Å². The van der Waals surface area contributed by atoms with Gasteiger partial charge in [-0.15, -0.1) is 0 Å². The molecule has 0 aliphatic carbocycles. The van der Waals surface area contributed by atoms with E-state index in [1.165, 1.54) is 0 Å². The molecule has 1 aliphatic heterocycles. The first kappa shape index (κ1) is 10.5. The molecule has 0 saturated carbocycles. The molecular weight excluding hydrogens is 168 g/mol. The average Bonchev–Trinajstić information content (AvgIpc) is 2.01. The highest BCUT2D eigenvalue weighted by Gasteiger charge is 2.27. The molecule has 0 radical (unpaired) electrons. The van der Waals surface area contributed by atoms with E-state index in [1.807, 2.05) is 20.8 Å². The van der Waals surface area contributed by atoms with E-state index in [0.717, 1.165) is 13.1 Å². The third kappa shape index (κ3) is 2.67. The van der Waals surface area contributed by atoms with Crippen LogP contribution in [0.5, 0.6) is 0 Å². The van der Waals surface area contributed by atoms with Crippen molar-refractivity contribution in [3.63, 3.8) is 0 Å². The largest absolute Gasteiger partial charge is 0.373 e. The lowest BCUT2D eigenvalue weighted by Gasteiger charge is -2.37. The van der Waals surface area contributed by atoms with Crippen molar-refractivity contribution in [2.24, 2.45) is 5.73 Å². The molecule has 13 heavy (non-hydrogen) atoms. The summed E-state index contributed by atoms with van der Waals surface area (Å²) >= 11 is 0. The molecule has 1 saturated heterocycles. The summed E-state index contributed by atoms with van der Waals surface area (Å²) in [5, 5.41) is 0. The molecule has 4 nitrogen and oxygen atoms in total. The molecule has 0 aromatic heterocycles. The minimum Gasteiger partial charge on any atom is -0.373 e. The molecule has 1 fully saturated rings. The Hall–Kier alpha value is -0.610. The number of ether oxygens (including phenoxy) is 1. The molecule has 76 valence electrons. The average molecular weight is 186 g/mol. The molecule has 1 rings (SSSR count). The number of hydrogen-bond donors (Lipinski definition) is 1. The standard InChI is InChI=1S/C9H18N2O2/c1-6-4-11(5-7(2)13-6)8(3)9(10)12/h6-8H,4-5H2,1-3H3,(H2,10,12)/t6-,7+,8?. The Balaban J connectivity index is 2.54. The van der Waals surface area contributed by atoms with Crippen LogP contribution in [0.15, 0.2) is 0 Å². The van der Waals surface area contributed by atoms with Gasteiger partial charge in [0, 0.05) is 13.1 Å². The smallest absolute Gasteiger partial charge is 0.234 e. The van der Waals surface area contributed by atoms with Gasteiger partial charge in [-0.05, 0) is 20.8 Å². The second kappa shape index (κ2) is 4.07. The highest BCUT2D eigenvalue weighted by Crippen LogP contribution is 2.12. The molecule has 4 heteroatoms. The number of hydrogen-bond acceptors (Lipinski definition) is 3. The van der Waals surface area contributed by atoms with Gasteiger partial charge in [0.15, 0.2) is 0 Å². The van der Waals surface area contributed by atoms with E-state index >= 15 is 0 Å². The quantitative estimate of drug-likeness (QED) is 0.659. The van der Waals surface area contributed by atoms with Gasteiger partial charge >= 0.3 is 0 Å². The Morgan fingerprint density at radius 3 is 2.31 bits per heavy atom. The van der Waals surface area contributed by atoms with E-state index in [4.69, 9.17) is 10.5 Å². The third-order valence-corrected chi connectivity index (χ3v) is 2.41. The van der Waals surface area contributed by atoms with Gasteiger partial charge in [0.25, 0.3) is 0 Å². The summed E-state index contributed by atoms with van der Waals surface area (Å²) in [6, 6.07) is -0.186. The molecule has 2 N–H and O–H groups in total. The predicted octanol–water partition coefficient (Wildman–Crippen LogP) is -0.0306. The molecular formula is C9H18N2O2. The topological polar surface area (TPSA) is 55.6 Å². The molecule has 0 aromatic carbocycles. The number of nitrogens with zero attached hydrogens (tertiary/aromatic N) is 1. The van der Waals surface area contributed by atoms with Crippen molar-refractivity contribution in [3.05, 3.63) is 0 Å². The van der Waals surface area contributed by atoms with Crippen molar-refractivity contribution in [3.8, 4) is 0 Å². The lowest BCUT2D eigenvalue weighted by molar-refractivity contribution is -0.128. The zero-order chi connectivity index (χ0) is 10.0. The van der Waals surface area contributed by atoms with Gasteiger partial charge < -0.3 is 10.5 Å². The first-order valence-electron chi connectivity index (χ1n) is 4.69. The van der Waals surface area contributed by atoms with Crippen LogP contribution in [0, 0.1) is 0 Å². The monoisotopic (exact) mass is 186 g/mol. The SMILES string of the molecule is CC(C(N)=O)N1C[C@@H](C)O[C@@H](C)C1. The molecule has 1 heterocycles. The number of carbonyl (C=O) groups is 1. The zero-order valence-electron chi connectivity index (χ0n) is 8.49. The van der Waals surface area contributed by atoms with Gasteiger partial charge in [-0.25, -0.2) is 0 Å². The van der Waals surface area contributed by atoms with Crippen molar-refractivity contribution in [1.29, 1.82) is 0 Å². The number of rotatable bonds is 2. The summed E-state index contributed by atoms with van der Waals surface area (Å²) in [6.45, 7) is 7.43. The fourth-order valence-electron chi connectivity index (χ4n) is 1.71.